The number of carbonyl (C=O) groups is 1. The van der Waals surface area contributed by atoms with Gasteiger partial charge in [-0.05, 0) is 59.7 Å². The molecule has 1 fully saturated rings. The average Bonchev–Trinajstić information content (AvgIpc) is 3.28. The molecule has 3 heterocycles. The van der Waals surface area contributed by atoms with Gasteiger partial charge in [0.25, 0.3) is 0 Å². The Morgan fingerprint density at radius 2 is 1.80 bits per heavy atom. The summed E-state index contributed by atoms with van der Waals surface area (Å²) < 4.78 is 11.7. The summed E-state index contributed by atoms with van der Waals surface area (Å²) in [5.41, 5.74) is 4.09. The van der Waals surface area contributed by atoms with Crippen LogP contribution in [0.1, 0.15) is 61.7 Å². The zero-order chi connectivity index (χ0) is 24.6. The molecule has 2 aliphatic rings. The highest BCUT2D eigenvalue weighted by Gasteiger charge is 2.36. The van der Waals surface area contributed by atoms with Crippen molar-refractivity contribution in [2.45, 2.75) is 65.1 Å². The summed E-state index contributed by atoms with van der Waals surface area (Å²) >= 11 is 0. The second-order valence-electron chi connectivity index (χ2n) is 10.6. The number of fused-ring (bicyclic) bond motifs is 1. The van der Waals surface area contributed by atoms with E-state index in [-0.39, 0.29) is 23.5 Å². The summed E-state index contributed by atoms with van der Waals surface area (Å²) in [6, 6.07) is 14.3. The molecule has 0 aliphatic carbocycles. The maximum absolute atomic E-state index is 13.2. The zero-order valence-corrected chi connectivity index (χ0v) is 21.0. The van der Waals surface area contributed by atoms with E-state index in [9.17, 15) is 4.79 Å². The first kappa shape index (κ1) is 23.5. The van der Waals surface area contributed by atoms with E-state index in [2.05, 4.69) is 60.2 Å². The number of nitrogens with one attached hydrogen (secondary N) is 1. The van der Waals surface area contributed by atoms with Crippen LogP contribution in [-0.2, 0) is 11.3 Å². The van der Waals surface area contributed by atoms with Gasteiger partial charge in [-0.2, -0.15) is 4.98 Å². The number of likely N-dealkylation sites (tertiary alicyclic amines) is 1. The van der Waals surface area contributed by atoms with Gasteiger partial charge in [-0.3, -0.25) is 9.69 Å². The Hall–Kier alpha value is -3.19. The van der Waals surface area contributed by atoms with Crippen LogP contribution < -0.4 is 10.1 Å². The van der Waals surface area contributed by atoms with Gasteiger partial charge in [0.1, 0.15) is 11.4 Å². The van der Waals surface area contributed by atoms with Crippen LogP contribution in [0, 0.1) is 19.8 Å². The third-order valence-corrected chi connectivity index (χ3v) is 7.03. The second kappa shape index (κ2) is 9.46. The summed E-state index contributed by atoms with van der Waals surface area (Å²) in [6.07, 6.45) is 2.39. The topological polar surface area (TPSA) is 80.5 Å². The van der Waals surface area contributed by atoms with Gasteiger partial charge in [-0.25, -0.2) is 0 Å². The molecule has 5 rings (SSSR count). The van der Waals surface area contributed by atoms with Gasteiger partial charge in [-0.15, -0.1) is 0 Å². The number of hydrogen-bond donors (Lipinski definition) is 1. The van der Waals surface area contributed by atoms with Crippen LogP contribution in [-0.4, -0.2) is 39.6 Å². The predicted octanol–water partition coefficient (Wildman–Crippen LogP) is 4.98. The highest BCUT2D eigenvalue weighted by molar-refractivity contribution is 5.79. The molecule has 2 aromatic carbocycles. The third-order valence-electron chi connectivity index (χ3n) is 7.03. The fraction of sp³-hybridized carbons (Fsp3) is 0.464. The van der Waals surface area contributed by atoms with Gasteiger partial charge in [-0.1, -0.05) is 52.7 Å². The van der Waals surface area contributed by atoms with Crippen LogP contribution in [0.5, 0.6) is 5.75 Å². The van der Waals surface area contributed by atoms with Crippen LogP contribution in [0.25, 0.3) is 11.4 Å². The number of amides is 1. The minimum atomic E-state index is -0.314. The van der Waals surface area contributed by atoms with Crippen LogP contribution in [0.4, 0.5) is 0 Å². The van der Waals surface area contributed by atoms with Crippen molar-refractivity contribution < 1.29 is 14.1 Å². The Morgan fingerprint density at radius 1 is 1.09 bits per heavy atom. The first-order chi connectivity index (χ1) is 16.8. The minimum absolute atomic E-state index is 0.0104. The van der Waals surface area contributed by atoms with Crippen LogP contribution in [0.3, 0.4) is 0 Å². The van der Waals surface area contributed by atoms with Crippen LogP contribution in [0.15, 0.2) is 47.0 Å². The van der Waals surface area contributed by atoms with Gasteiger partial charge in [0.05, 0.1) is 12.6 Å². The lowest BCUT2D eigenvalue weighted by atomic mass is 9.88. The Labute approximate surface area is 206 Å². The summed E-state index contributed by atoms with van der Waals surface area (Å²) in [5, 5.41) is 7.48. The molecule has 0 saturated carbocycles. The molecule has 2 aliphatic heterocycles. The molecule has 7 nitrogen and oxygen atoms in total. The van der Waals surface area contributed by atoms with E-state index in [1.54, 1.807) is 0 Å². The number of benzene rings is 2. The molecule has 7 heteroatoms. The maximum atomic E-state index is 13.2. The van der Waals surface area contributed by atoms with E-state index in [0.29, 0.717) is 18.3 Å². The lowest BCUT2D eigenvalue weighted by Crippen LogP contribution is -2.45. The van der Waals surface area contributed by atoms with E-state index >= 15 is 0 Å². The third kappa shape index (κ3) is 5.40. The van der Waals surface area contributed by atoms with Crippen molar-refractivity contribution in [3.63, 3.8) is 0 Å². The van der Waals surface area contributed by atoms with Crippen molar-refractivity contribution in [3.05, 3.63) is 65.0 Å². The van der Waals surface area contributed by atoms with Crippen LogP contribution in [0.2, 0.25) is 0 Å². The van der Waals surface area contributed by atoms with Gasteiger partial charge in [0.2, 0.25) is 17.6 Å². The number of carbonyl (C=O) groups excluding carboxylic acids is 1. The minimum Gasteiger partial charge on any atom is -0.487 e. The summed E-state index contributed by atoms with van der Waals surface area (Å²) in [5.74, 6) is 2.25. The second-order valence-corrected chi connectivity index (χ2v) is 10.6. The van der Waals surface area contributed by atoms with Crippen molar-refractivity contribution in [1.82, 2.24) is 20.4 Å². The van der Waals surface area contributed by atoms with Crippen molar-refractivity contribution in [1.29, 1.82) is 0 Å². The zero-order valence-electron chi connectivity index (χ0n) is 21.0. The summed E-state index contributed by atoms with van der Waals surface area (Å²) in [4.78, 5) is 20.1. The fourth-order valence-electron chi connectivity index (χ4n) is 5.08. The molecular formula is C28H34N4O3. The van der Waals surface area contributed by atoms with E-state index in [1.807, 2.05) is 30.3 Å². The highest BCUT2D eigenvalue weighted by atomic mass is 16.5. The summed E-state index contributed by atoms with van der Waals surface area (Å²) in [7, 11) is 0. The van der Waals surface area contributed by atoms with E-state index in [1.165, 1.54) is 11.1 Å². The van der Waals surface area contributed by atoms with Crippen molar-refractivity contribution in [3.8, 4) is 17.1 Å². The summed E-state index contributed by atoms with van der Waals surface area (Å²) in [6.45, 7) is 10.5. The molecule has 1 N–H and O–H groups in total. The first-order valence-corrected chi connectivity index (χ1v) is 12.5. The van der Waals surface area contributed by atoms with E-state index < -0.39 is 0 Å². The molecule has 35 heavy (non-hydrogen) atoms. The van der Waals surface area contributed by atoms with Gasteiger partial charge in [0.15, 0.2) is 0 Å². The smallest absolute Gasteiger partial charge is 0.241 e. The Kier molecular flexibility index (Phi) is 6.36. The van der Waals surface area contributed by atoms with Gasteiger partial charge >= 0.3 is 0 Å². The van der Waals surface area contributed by atoms with E-state index in [4.69, 9.17) is 9.26 Å². The average molecular weight is 475 g/mol. The fourth-order valence-corrected chi connectivity index (χ4v) is 5.08. The molecule has 1 saturated heterocycles. The molecule has 0 radical (unpaired) electrons. The van der Waals surface area contributed by atoms with Crippen LogP contribution >= 0.6 is 0 Å². The monoisotopic (exact) mass is 474 g/mol. The van der Waals surface area contributed by atoms with Crippen molar-refractivity contribution >= 4 is 5.91 Å². The van der Waals surface area contributed by atoms with Gasteiger partial charge in [0, 0.05) is 23.5 Å². The Morgan fingerprint density at radius 3 is 2.54 bits per heavy atom. The van der Waals surface area contributed by atoms with E-state index in [0.717, 1.165) is 49.2 Å². The molecule has 1 atom stereocenters. The Bertz CT molecular complexity index is 1190. The van der Waals surface area contributed by atoms with Gasteiger partial charge < -0.3 is 14.6 Å². The number of piperidine rings is 1. The first-order valence-electron chi connectivity index (χ1n) is 12.5. The molecule has 1 amide bonds. The molecule has 1 unspecified atom stereocenters. The van der Waals surface area contributed by atoms with Crippen molar-refractivity contribution in [2.24, 2.45) is 5.92 Å². The molecular weight excluding hydrogens is 440 g/mol. The molecule has 3 aromatic rings. The molecule has 0 spiro atoms. The lowest BCUT2D eigenvalue weighted by molar-refractivity contribution is -0.127. The molecule has 0 bridgehead atoms. The largest absolute Gasteiger partial charge is 0.487 e. The maximum Gasteiger partial charge on any atom is 0.241 e. The SMILES string of the molecule is Cc1ccc(-c2noc(CN3CCC(C(=O)NC4CC(C)(C)Oc5ccc(C)cc54)CC3)n2)cc1. The molecule has 184 valence electrons. The predicted molar refractivity (Wildman–Crippen MR) is 134 cm³/mol. The number of rotatable bonds is 5. The Balaban J connectivity index is 1.16. The number of hydrogen-bond acceptors (Lipinski definition) is 6. The molecule has 1 aromatic heterocycles. The number of aromatic nitrogens is 2. The standard InChI is InChI=1S/C28H34N4O3/c1-18-5-8-20(9-6-18)26-30-25(35-31-26)17-32-13-11-21(12-14-32)27(33)29-23-16-28(3,4)34-24-10-7-19(2)15-22(23)24/h5-10,15,21,23H,11-14,16-17H2,1-4H3,(H,29,33). The van der Waals surface area contributed by atoms with Crippen molar-refractivity contribution in [2.75, 3.05) is 13.1 Å². The lowest BCUT2D eigenvalue weighted by Gasteiger charge is -2.39. The number of nitrogens with zero attached hydrogens (tertiary/aromatic N) is 3. The quantitative estimate of drug-likeness (QED) is 0.562. The number of aryl methyl sites for hydroxylation is 2. The highest BCUT2D eigenvalue weighted by Crippen LogP contribution is 2.40. The number of ether oxygens (including phenoxy) is 1. The normalized spacial score (nSPS) is 20.2.